The second-order valence-corrected chi connectivity index (χ2v) is 3.53. The Hall–Kier alpha value is -0.790. The standard InChI is InChI=1S/C12H22O2/c1-4-6-7-9-12(8-5-2)10-14-11(3)13/h9H,4-8,10H2,1-3H3/b12-9+. The molecule has 2 heteroatoms. The zero-order valence-corrected chi connectivity index (χ0v) is 9.64. The molecule has 0 spiro atoms. The molecular weight excluding hydrogens is 176 g/mol. The fourth-order valence-corrected chi connectivity index (χ4v) is 1.26. The van der Waals surface area contributed by atoms with Gasteiger partial charge in [0.05, 0.1) is 0 Å². The van der Waals surface area contributed by atoms with Crippen molar-refractivity contribution < 1.29 is 9.53 Å². The van der Waals surface area contributed by atoms with Crippen molar-refractivity contribution in [2.75, 3.05) is 6.61 Å². The van der Waals surface area contributed by atoms with E-state index in [-0.39, 0.29) is 5.97 Å². The van der Waals surface area contributed by atoms with Gasteiger partial charge in [-0.3, -0.25) is 4.79 Å². The van der Waals surface area contributed by atoms with Gasteiger partial charge in [-0.1, -0.05) is 39.2 Å². The number of carbonyl (C=O) groups excluding carboxylic acids is 1. The highest BCUT2D eigenvalue weighted by molar-refractivity contribution is 5.66. The van der Waals surface area contributed by atoms with Crippen LogP contribution < -0.4 is 0 Å². The second-order valence-electron chi connectivity index (χ2n) is 3.53. The number of hydrogen-bond donors (Lipinski definition) is 0. The van der Waals surface area contributed by atoms with Crippen LogP contribution in [0.3, 0.4) is 0 Å². The van der Waals surface area contributed by atoms with Gasteiger partial charge in [-0.2, -0.15) is 0 Å². The average molecular weight is 198 g/mol. The Balaban J connectivity index is 3.86. The van der Waals surface area contributed by atoms with Crippen LogP contribution >= 0.6 is 0 Å². The molecule has 0 aliphatic heterocycles. The maximum atomic E-state index is 10.6. The van der Waals surface area contributed by atoms with E-state index in [1.165, 1.54) is 25.3 Å². The lowest BCUT2D eigenvalue weighted by Crippen LogP contribution is -2.03. The van der Waals surface area contributed by atoms with Gasteiger partial charge >= 0.3 is 5.97 Å². The van der Waals surface area contributed by atoms with Crippen LogP contribution in [0, 0.1) is 0 Å². The molecule has 14 heavy (non-hydrogen) atoms. The van der Waals surface area contributed by atoms with Crippen LogP contribution in [-0.2, 0) is 9.53 Å². The van der Waals surface area contributed by atoms with Crippen LogP contribution in [0.1, 0.15) is 52.9 Å². The van der Waals surface area contributed by atoms with E-state index in [4.69, 9.17) is 4.74 Å². The number of ether oxygens (including phenoxy) is 1. The molecule has 0 N–H and O–H groups in total. The third-order valence-electron chi connectivity index (χ3n) is 2.02. The zero-order valence-electron chi connectivity index (χ0n) is 9.64. The third kappa shape index (κ3) is 7.84. The van der Waals surface area contributed by atoms with Crippen molar-refractivity contribution in [3.63, 3.8) is 0 Å². The molecule has 0 rings (SSSR count). The largest absolute Gasteiger partial charge is 0.461 e. The van der Waals surface area contributed by atoms with Crippen molar-refractivity contribution in [3.8, 4) is 0 Å². The van der Waals surface area contributed by atoms with Gasteiger partial charge in [-0.15, -0.1) is 0 Å². The summed E-state index contributed by atoms with van der Waals surface area (Å²) in [5.74, 6) is -0.192. The van der Waals surface area contributed by atoms with E-state index < -0.39 is 0 Å². The summed E-state index contributed by atoms with van der Waals surface area (Å²) in [6, 6.07) is 0. The van der Waals surface area contributed by atoms with Gasteiger partial charge in [-0.05, 0) is 18.4 Å². The van der Waals surface area contributed by atoms with E-state index in [0.29, 0.717) is 6.61 Å². The number of allylic oxidation sites excluding steroid dienone is 1. The quantitative estimate of drug-likeness (QED) is 0.356. The molecule has 0 saturated heterocycles. The molecule has 0 bridgehead atoms. The molecule has 0 saturated carbocycles. The molecule has 0 fully saturated rings. The monoisotopic (exact) mass is 198 g/mol. The van der Waals surface area contributed by atoms with Crippen LogP contribution in [0.5, 0.6) is 0 Å². The van der Waals surface area contributed by atoms with Gasteiger partial charge in [0, 0.05) is 6.92 Å². The Bertz CT molecular complexity index is 183. The highest BCUT2D eigenvalue weighted by Gasteiger charge is 1.98. The number of hydrogen-bond acceptors (Lipinski definition) is 2. The van der Waals surface area contributed by atoms with Crippen molar-refractivity contribution in [1.82, 2.24) is 0 Å². The predicted molar refractivity (Wildman–Crippen MR) is 59.1 cm³/mol. The van der Waals surface area contributed by atoms with Crippen molar-refractivity contribution in [2.45, 2.75) is 52.9 Å². The summed E-state index contributed by atoms with van der Waals surface area (Å²) in [5.41, 5.74) is 1.26. The maximum absolute atomic E-state index is 10.6. The molecule has 0 aromatic rings. The number of esters is 1. The minimum absolute atomic E-state index is 0.192. The Labute approximate surface area is 87.3 Å². The van der Waals surface area contributed by atoms with Gasteiger partial charge in [0.25, 0.3) is 0 Å². The smallest absolute Gasteiger partial charge is 0.302 e. The highest BCUT2D eigenvalue weighted by atomic mass is 16.5. The first-order valence-corrected chi connectivity index (χ1v) is 5.52. The van der Waals surface area contributed by atoms with Gasteiger partial charge in [0.1, 0.15) is 6.61 Å². The minimum Gasteiger partial charge on any atom is -0.461 e. The van der Waals surface area contributed by atoms with E-state index in [1.807, 2.05) is 0 Å². The van der Waals surface area contributed by atoms with Gasteiger partial charge < -0.3 is 4.74 Å². The van der Waals surface area contributed by atoms with E-state index in [0.717, 1.165) is 19.3 Å². The Morgan fingerprint density at radius 3 is 2.50 bits per heavy atom. The summed E-state index contributed by atoms with van der Waals surface area (Å²) in [7, 11) is 0. The number of unbranched alkanes of at least 4 members (excludes halogenated alkanes) is 2. The first kappa shape index (κ1) is 13.2. The normalized spacial score (nSPS) is 11.5. The fourth-order valence-electron chi connectivity index (χ4n) is 1.26. The van der Waals surface area contributed by atoms with E-state index in [1.54, 1.807) is 0 Å². The van der Waals surface area contributed by atoms with Crippen molar-refractivity contribution >= 4 is 5.97 Å². The Morgan fingerprint density at radius 1 is 1.29 bits per heavy atom. The molecule has 0 atom stereocenters. The van der Waals surface area contributed by atoms with Crippen molar-refractivity contribution in [2.24, 2.45) is 0 Å². The molecular formula is C12H22O2. The van der Waals surface area contributed by atoms with Crippen LogP contribution in [0.15, 0.2) is 11.6 Å². The van der Waals surface area contributed by atoms with Gasteiger partial charge in [0.15, 0.2) is 0 Å². The molecule has 0 aromatic heterocycles. The summed E-state index contributed by atoms with van der Waals surface area (Å²) in [6.45, 7) is 6.25. The van der Waals surface area contributed by atoms with Crippen LogP contribution in [0.4, 0.5) is 0 Å². The van der Waals surface area contributed by atoms with Gasteiger partial charge in [-0.25, -0.2) is 0 Å². The van der Waals surface area contributed by atoms with E-state index in [2.05, 4.69) is 19.9 Å². The zero-order chi connectivity index (χ0) is 10.8. The lowest BCUT2D eigenvalue weighted by atomic mass is 10.1. The molecule has 0 unspecified atom stereocenters. The van der Waals surface area contributed by atoms with Crippen LogP contribution in [0.2, 0.25) is 0 Å². The summed E-state index contributed by atoms with van der Waals surface area (Å²) in [5, 5.41) is 0. The maximum Gasteiger partial charge on any atom is 0.302 e. The molecule has 0 amide bonds. The SMILES string of the molecule is CCCC/C=C(\CCC)COC(C)=O. The van der Waals surface area contributed by atoms with E-state index in [9.17, 15) is 4.79 Å². The first-order valence-electron chi connectivity index (χ1n) is 5.52. The fraction of sp³-hybridized carbons (Fsp3) is 0.750. The lowest BCUT2D eigenvalue weighted by Gasteiger charge is -2.06. The lowest BCUT2D eigenvalue weighted by molar-refractivity contribution is -0.140. The second kappa shape index (κ2) is 8.79. The Morgan fingerprint density at radius 2 is 2.00 bits per heavy atom. The minimum atomic E-state index is -0.192. The molecule has 0 aliphatic carbocycles. The Kier molecular flexibility index (Phi) is 8.30. The first-order chi connectivity index (χ1) is 6.70. The predicted octanol–water partition coefficient (Wildman–Crippen LogP) is 3.47. The number of rotatable bonds is 7. The molecule has 0 aromatic carbocycles. The highest BCUT2D eigenvalue weighted by Crippen LogP contribution is 2.08. The topological polar surface area (TPSA) is 26.3 Å². The van der Waals surface area contributed by atoms with Crippen LogP contribution in [0.25, 0.3) is 0 Å². The average Bonchev–Trinajstić information content (AvgIpc) is 2.14. The molecule has 0 aliphatic rings. The van der Waals surface area contributed by atoms with Gasteiger partial charge in [0.2, 0.25) is 0 Å². The third-order valence-corrected chi connectivity index (χ3v) is 2.02. The molecule has 2 nitrogen and oxygen atoms in total. The van der Waals surface area contributed by atoms with Crippen LogP contribution in [-0.4, -0.2) is 12.6 Å². The molecule has 82 valence electrons. The number of carbonyl (C=O) groups is 1. The molecule has 0 heterocycles. The molecule has 0 radical (unpaired) electrons. The van der Waals surface area contributed by atoms with E-state index >= 15 is 0 Å². The van der Waals surface area contributed by atoms with Crippen molar-refractivity contribution in [1.29, 1.82) is 0 Å². The summed E-state index contributed by atoms with van der Waals surface area (Å²) in [4.78, 5) is 10.6. The van der Waals surface area contributed by atoms with Crippen molar-refractivity contribution in [3.05, 3.63) is 11.6 Å². The summed E-state index contributed by atoms with van der Waals surface area (Å²) < 4.78 is 4.98. The summed E-state index contributed by atoms with van der Waals surface area (Å²) >= 11 is 0. The summed E-state index contributed by atoms with van der Waals surface area (Å²) in [6.07, 6.45) is 7.90.